The molecular formula is C14H20N2O3. The molecule has 5 heteroatoms. The average molecular weight is 264 g/mol. The van der Waals surface area contributed by atoms with Crippen LogP contribution in [0.2, 0.25) is 0 Å². The van der Waals surface area contributed by atoms with Crippen molar-refractivity contribution in [3.05, 3.63) is 24.0 Å². The number of pyridine rings is 1. The summed E-state index contributed by atoms with van der Waals surface area (Å²) in [5, 5.41) is 8.97. The molecule has 0 saturated carbocycles. The normalized spacial score (nSPS) is 19.4. The Morgan fingerprint density at radius 3 is 3.21 bits per heavy atom. The van der Waals surface area contributed by atoms with Crippen molar-refractivity contribution < 1.29 is 14.6 Å². The van der Waals surface area contributed by atoms with E-state index in [1.807, 2.05) is 6.07 Å². The summed E-state index contributed by atoms with van der Waals surface area (Å²) in [5.74, 6) is -0.988. The van der Waals surface area contributed by atoms with Crippen molar-refractivity contribution >= 4 is 11.7 Å². The molecule has 1 aliphatic rings. The number of aromatic nitrogens is 1. The fraction of sp³-hybridized carbons (Fsp3) is 0.571. The van der Waals surface area contributed by atoms with Gasteiger partial charge in [-0.1, -0.05) is 6.92 Å². The van der Waals surface area contributed by atoms with Gasteiger partial charge in [0.1, 0.15) is 5.69 Å². The Morgan fingerprint density at radius 1 is 1.63 bits per heavy atom. The Labute approximate surface area is 113 Å². The van der Waals surface area contributed by atoms with Gasteiger partial charge < -0.3 is 14.7 Å². The molecule has 1 saturated heterocycles. The highest BCUT2D eigenvalue weighted by atomic mass is 16.5. The summed E-state index contributed by atoms with van der Waals surface area (Å²) in [6, 6.07) is 3.49. The first-order valence-corrected chi connectivity index (χ1v) is 6.76. The predicted octanol–water partition coefficient (Wildman–Crippen LogP) is 2.18. The summed E-state index contributed by atoms with van der Waals surface area (Å²) in [5.41, 5.74) is 1.01. The molecule has 1 aromatic heterocycles. The number of carboxylic acid groups (broad SMARTS) is 1. The summed E-state index contributed by atoms with van der Waals surface area (Å²) < 4.78 is 5.79. The van der Waals surface area contributed by atoms with Gasteiger partial charge in [-0.05, 0) is 31.4 Å². The third-order valence-electron chi connectivity index (χ3n) is 3.26. The summed E-state index contributed by atoms with van der Waals surface area (Å²) in [6.07, 6.45) is 4.96. The van der Waals surface area contributed by atoms with E-state index in [1.54, 1.807) is 12.3 Å². The van der Waals surface area contributed by atoms with Crippen LogP contribution in [-0.2, 0) is 4.74 Å². The molecule has 104 valence electrons. The molecule has 2 rings (SSSR count). The number of anilines is 1. The maximum atomic E-state index is 10.9. The highest BCUT2D eigenvalue weighted by molar-refractivity contribution is 5.86. The predicted molar refractivity (Wildman–Crippen MR) is 72.7 cm³/mol. The van der Waals surface area contributed by atoms with E-state index >= 15 is 0 Å². The zero-order valence-electron chi connectivity index (χ0n) is 11.2. The topological polar surface area (TPSA) is 62.7 Å². The van der Waals surface area contributed by atoms with E-state index in [1.165, 1.54) is 0 Å². The van der Waals surface area contributed by atoms with Gasteiger partial charge in [0.05, 0.1) is 6.10 Å². The minimum atomic E-state index is -0.988. The first kappa shape index (κ1) is 13.8. The molecule has 1 atom stereocenters. The van der Waals surface area contributed by atoms with Crippen molar-refractivity contribution in [2.45, 2.75) is 32.3 Å². The first-order chi connectivity index (χ1) is 9.20. The lowest BCUT2D eigenvalue weighted by atomic mass is 10.1. The van der Waals surface area contributed by atoms with E-state index in [0.717, 1.165) is 44.6 Å². The molecule has 1 aromatic rings. The second-order valence-corrected chi connectivity index (χ2v) is 4.79. The van der Waals surface area contributed by atoms with Crippen LogP contribution in [-0.4, -0.2) is 41.9 Å². The fourth-order valence-corrected chi connectivity index (χ4v) is 2.33. The van der Waals surface area contributed by atoms with Crippen LogP contribution >= 0.6 is 0 Å². The van der Waals surface area contributed by atoms with Gasteiger partial charge in [0.25, 0.3) is 0 Å². The molecule has 0 aromatic carbocycles. The maximum Gasteiger partial charge on any atom is 0.354 e. The molecule has 0 bridgehead atoms. The fourth-order valence-electron chi connectivity index (χ4n) is 2.33. The molecule has 0 amide bonds. The standard InChI is InChI=1S/C14H20N2O3/c1-2-8-19-12-4-3-7-16(10-12)11-5-6-15-13(9-11)14(17)18/h5-6,9,12H,2-4,7-8,10H2,1H3,(H,17,18). The lowest BCUT2D eigenvalue weighted by Crippen LogP contribution is -2.40. The minimum Gasteiger partial charge on any atom is -0.477 e. The first-order valence-electron chi connectivity index (χ1n) is 6.76. The third kappa shape index (κ3) is 3.67. The van der Waals surface area contributed by atoms with Gasteiger partial charge >= 0.3 is 5.97 Å². The monoisotopic (exact) mass is 264 g/mol. The number of hydrogen-bond donors (Lipinski definition) is 1. The van der Waals surface area contributed by atoms with E-state index in [0.29, 0.717) is 0 Å². The van der Waals surface area contributed by atoms with E-state index in [4.69, 9.17) is 9.84 Å². The molecule has 0 aliphatic carbocycles. The summed E-state index contributed by atoms with van der Waals surface area (Å²) >= 11 is 0. The lowest BCUT2D eigenvalue weighted by molar-refractivity contribution is 0.0440. The molecule has 5 nitrogen and oxygen atoms in total. The van der Waals surface area contributed by atoms with Crippen LogP contribution in [0.15, 0.2) is 18.3 Å². The highest BCUT2D eigenvalue weighted by Crippen LogP contribution is 2.21. The van der Waals surface area contributed by atoms with Crippen LogP contribution in [0.5, 0.6) is 0 Å². The van der Waals surface area contributed by atoms with Gasteiger partial charge in [-0.3, -0.25) is 0 Å². The van der Waals surface area contributed by atoms with E-state index in [9.17, 15) is 4.79 Å². The zero-order chi connectivity index (χ0) is 13.7. The van der Waals surface area contributed by atoms with Crippen LogP contribution in [0.25, 0.3) is 0 Å². The molecule has 1 aliphatic heterocycles. The number of ether oxygens (including phenoxy) is 1. The van der Waals surface area contributed by atoms with Crippen LogP contribution in [0, 0.1) is 0 Å². The van der Waals surface area contributed by atoms with Gasteiger partial charge in [-0.2, -0.15) is 0 Å². The van der Waals surface area contributed by atoms with Crippen molar-refractivity contribution in [3.63, 3.8) is 0 Å². The van der Waals surface area contributed by atoms with Gasteiger partial charge in [-0.15, -0.1) is 0 Å². The third-order valence-corrected chi connectivity index (χ3v) is 3.26. The largest absolute Gasteiger partial charge is 0.477 e. The molecule has 0 radical (unpaired) electrons. The van der Waals surface area contributed by atoms with Crippen molar-refractivity contribution in [1.29, 1.82) is 0 Å². The number of piperidine rings is 1. The Bertz CT molecular complexity index is 436. The van der Waals surface area contributed by atoms with Crippen LogP contribution < -0.4 is 4.90 Å². The van der Waals surface area contributed by atoms with Crippen molar-refractivity contribution in [3.8, 4) is 0 Å². The zero-order valence-corrected chi connectivity index (χ0v) is 11.2. The van der Waals surface area contributed by atoms with Crippen LogP contribution in [0.4, 0.5) is 5.69 Å². The SMILES string of the molecule is CCCOC1CCCN(c2ccnc(C(=O)O)c2)C1. The molecular weight excluding hydrogens is 244 g/mol. The van der Waals surface area contributed by atoms with Crippen LogP contribution in [0.3, 0.4) is 0 Å². The average Bonchev–Trinajstić information content (AvgIpc) is 2.45. The van der Waals surface area contributed by atoms with Gasteiger partial charge in [0, 0.05) is 31.6 Å². The lowest BCUT2D eigenvalue weighted by Gasteiger charge is -2.34. The van der Waals surface area contributed by atoms with Crippen molar-refractivity contribution in [2.75, 3.05) is 24.6 Å². The van der Waals surface area contributed by atoms with Crippen molar-refractivity contribution in [1.82, 2.24) is 4.98 Å². The highest BCUT2D eigenvalue weighted by Gasteiger charge is 2.21. The summed E-state index contributed by atoms with van der Waals surface area (Å²) in [6.45, 7) is 4.65. The van der Waals surface area contributed by atoms with E-state index < -0.39 is 5.97 Å². The second-order valence-electron chi connectivity index (χ2n) is 4.79. The molecule has 1 unspecified atom stereocenters. The number of carboxylic acids is 1. The Hall–Kier alpha value is -1.62. The maximum absolute atomic E-state index is 10.9. The van der Waals surface area contributed by atoms with Gasteiger partial charge in [0.15, 0.2) is 0 Å². The van der Waals surface area contributed by atoms with Crippen molar-refractivity contribution in [2.24, 2.45) is 0 Å². The molecule has 2 heterocycles. The quantitative estimate of drug-likeness (QED) is 0.883. The number of carbonyl (C=O) groups is 1. The minimum absolute atomic E-state index is 0.0918. The van der Waals surface area contributed by atoms with Gasteiger partial charge in [0.2, 0.25) is 0 Å². The summed E-state index contributed by atoms with van der Waals surface area (Å²) in [4.78, 5) is 17.0. The molecule has 0 spiro atoms. The van der Waals surface area contributed by atoms with Gasteiger partial charge in [-0.25, -0.2) is 9.78 Å². The number of nitrogens with zero attached hydrogens (tertiary/aromatic N) is 2. The Kier molecular flexibility index (Phi) is 4.74. The number of rotatable bonds is 5. The van der Waals surface area contributed by atoms with E-state index in [2.05, 4.69) is 16.8 Å². The molecule has 19 heavy (non-hydrogen) atoms. The molecule has 1 N–H and O–H groups in total. The van der Waals surface area contributed by atoms with Crippen LogP contribution in [0.1, 0.15) is 36.7 Å². The van der Waals surface area contributed by atoms with E-state index in [-0.39, 0.29) is 11.8 Å². The number of hydrogen-bond acceptors (Lipinski definition) is 4. The molecule has 1 fully saturated rings. The Balaban J connectivity index is 2.04. The Morgan fingerprint density at radius 2 is 2.47 bits per heavy atom. The second kappa shape index (κ2) is 6.52. The smallest absolute Gasteiger partial charge is 0.354 e. The number of aromatic carboxylic acids is 1. The summed E-state index contributed by atoms with van der Waals surface area (Å²) in [7, 11) is 0.